The fourth-order valence-electron chi connectivity index (χ4n) is 5.93. The van der Waals surface area contributed by atoms with Gasteiger partial charge in [0.1, 0.15) is 0 Å². The average molecular weight is 757 g/mol. The second kappa shape index (κ2) is 18.0. The van der Waals surface area contributed by atoms with Crippen LogP contribution in [-0.4, -0.2) is 9.52 Å². The number of benzene rings is 4. The second-order valence-corrected chi connectivity index (χ2v) is 18.5. The van der Waals surface area contributed by atoms with E-state index < -0.39 is 20.8 Å². The molecule has 0 unspecified atom stereocenters. The molecule has 4 heteroatoms. The summed E-state index contributed by atoms with van der Waals surface area (Å²) < 4.78 is 0. The normalized spacial score (nSPS) is 10.9. The van der Waals surface area contributed by atoms with Crippen LogP contribution in [0.25, 0.3) is 43.8 Å². The SMILES string of the molecule is C[Si]C.Cc1cc2c(-c3ccc(C(C)(C)C)cc3)ccc(C)c2[cH-]1.Cc1ccc(-c2cccc3[cH-]c(C(C)C)cc23)c(C)c1.[Cl][Zr+2][Cl]. The molecular formula is C43H50Cl2SiZr. The number of halogens is 2. The molecule has 0 saturated heterocycles. The Labute approximate surface area is 306 Å². The van der Waals surface area contributed by atoms with Gasteiger partial charge in [-0.2, -0.15) is 12.1 Å². The molecule has 0 heterocycles. The van der Waals surface area contributed by atoms with Crippen LogP contribution in [0, 0.1) is 27.7 Å². The summed E-state index contributed by atoms with van der Waals surface area (Å²) >= 11 is -0.826. The predicted octanol–water partition coefficient (Wildman–Crippen LogP) is 14.3. The van der Waals surface area contributed by atoms with Crippen LogP contribution in [0.4, 0.5) is 0 Å². The Morgan fingerprint density at radius 2 is 1.30 bits per heavy atom. The van der Waals surface area contributed by atoms with Gasteiger partial charge in [-0.05, 0) is 47.4 Å². The molecule has 0 atom stereocenters. The summed E-state index contributed by atoms with van der Waals surface area (Å²) in [5, 5.41) is 5.48. The Hall–Kier alpha value is -2.22. The Morgan fingerprint density at radius 3 is 1.87 bits per heavy atom. The minimum absolute atomic E-state index is 0.206. The number of hydrogen-bond acceptors (Lipinski definition) is 0. The van der Waals surface area contributed by atoms with Gasteiger partial charge < -0.3 is 0 Å². The summed E-state index contributed by atoms with van der Waals surface area (Å²) in [4.78, 5) is 0. The van der Waals surface area contributed by atoms with Crippen molar-refractivity contribution in [3.05, 3.63) is 130 Å². The van der Waals surface area contributed by atoms with Crippen LogP contribution in [0.1, 0.15) is 73.9 Å². The van der Waals surface area contributed by atoms with E-state index in [-0.39, 0.29) is 5.41 Å². The van der Waals surface area contributed by atoms with Crippen molar-refractivity contribution in [3.63, 3.8) is 0 Å². The van der Waals surface area contributed by atoms with Crippen LogP contribution in [0.5, 0.6) is 0 Å². The van der Waals surface area contributed by atoms with Crippen LogP contribution < -0.4 is 0 Å². The first kappa shape index (κ1) is 39.2. The summed E-state index contributed by atoms with van der Waals surface area (Å²) in [5.41, 5.74) is 13.7. The van der Waals surface area contributed by atoms with E-state index in [1.54, 1.807) is 0 Å². The molecule has 6 rings (SSSR count). The third-order valence-corrected chi connectivity index (χ3v) is 8.42. The molecule has 0 spiro atoms. The van der Waals surface area contributed by atoms with E-state index >= 15 is 0 Å². The van der Waals surface area contributed by atoms with Crippen molar-refractivity contribution in [3.8, 4) is 22.3 Å². The topological polar surface area (TPSA) is 0 Å². The number of aryl methyl sites for hydroxylation is 4. The van der Waals surface area contributed by atoms with Gasteiger partial charge in [0, 0.05) is 9.52 Å². The molecule has 0 bridgehead atoms. The van der Waals surface area contributed by atoms with Gasteiger partial charge in [0.2, 0.25) is 0 Å². The Bertz CT molecular complexity index is 1860. The molecule has 47 heavy (non-hydrogen) atoms. The van der Waals surface area contributed by atoms with Gasteiger partial charge in [-0.3, -0.25) is 0 Å². The van der Waals surface area contributed by atoms with Crippen molar-refractivity contribution in [1.82, 2.24) is 0 Å². The van der Waals surface area contributed by atoms with Crippen molar-refractivity contribution in [1.29, 1.82) is 0 Å². The van der Waals surface area contributed by atoms with E-state index in [1.165, 1.54) is 77.2 Å². The van der Waals surface area contributed by atoms with Gasteiger partial charge in [0.05, 0.1) is 0 Å². The summed E-state index contributed by atoms with van der Waals surface area (Å²) in [6, 6.07) is 36.1. The molecule has 0 N–H and O–H groups in total. The number of rotatable bonds is 3. The molecule has 6 aromatic rings. The first-order valence-corrected chi connectivity index (χ1v) is 24.7. The molecule has 0 aliphatic rings. The van der Waals surface area contributed by atoms with Gasteiger partial charge in [-0.15, -0.1) is 68.6 Å². The van der Waals surface area contributed by atoms with Crippen LogP contribution in [0.15, 0.2) is 97.1 Å². The van der Waals surface area contributed by atoms with Gasteiger partial charge in [-0.25, -0.2) is 0 Å². The van der Waals surface area contributed by atoms with E-state index in [1.807, 2.05) is 0 Å². The zero-order chi connectivity index (χ0) is 34.9. The quantitative estimate of drug-likeness (QED) is 0.125. The van der Waals surface area contributed by atoms with Crippen molar-refractivity contribution in [2.75, 3.05) is 0 Å². The molecule has 0 saturated carbocycles. The fraction of sp³-hybridized carbons (Fsp3) is 0.302. The van der Waals surface area contributed by atoms with E-state index in [4.69, 9.17) is 17.0 Å². The Morgan fingerprint density at radius 1 is 0.681 bits per heavy atom. The summed E-state index contributed by atoms with van der Waals surface area (Å²) in [6.07, 6.45) is 0. The minimum atomic E-state index is -0.826. The van der Waals surface area contributed by atoms with E-state index in [9.17, 15) is 0 Å². The second-order valence-electron chi connectivity index (χ2n) is 13.8. The Kier molecular flexibility index (Phi) is 15.0. The van der Waals surface area contributed by atoms with Crippen LogP contribution >= 0.6 is 17.0 Å². The molecule has 0 aliphatic heterocycles. The van der Waals surface area contributed by atoms with Gasteiger partial charge in [0.25, 0.3) is 0 Å². The molecule has 0 aromatic heterocycles. The maximum absolute atomic E-state index is 4.93. The van der Waals surface area contributed by atoms with Crippen molar-refractivity contribution >= 4 is 48.1 Å². The first-order valence-electron chi connectivity index (χ1n) is 16.3. The maximum atomic E-state index is 4.93. The average Bonchev–Trinajstić information content (AvgIpc) is 3.63. The van der Waals surface area contributed by atoms with Crippen LogP contribution in [-0.2, 0) is 26.3 Å². The van der Waals surface area contributed by atoms with Crippen molar-refractivity contribution in [2.24, 2.45) is 0 Å². The summed E-state index contributed by atoms with van der Waals surface area (Å²) in [7, 11) is 11.0. The third-order valence-electron chi connectivity index (χ3n) is 8.42. The molecule has 0 fully saturated rings. The molecule has 6 aromatic carbocycles. The summed E-state index contributed by atoms with van der Waals surface area (Å²) in [5.74, 6) is 0.578. The standard InChI is InChI=1S/C21H23.C20H21.C2H6Si.2ClH.Zr/c1-14-12-19-15(2)6-11-18(20(19)13-14)16-7-9-17(10-8-16)21(3,4)5;1-13(2)17-11-16-6-5-7-19(20(16)12-17)18-9-8-14(3)10-15(18)4;1-3-2;;;/h6-13H,1-5H3;5-13H,1-4H3;1-2H3;2*1H;/q2*-1;;;;+4/p-2. The van der Waals surface area contributed by atoms with Crippen molar-refractivity contribution in [2.45, 2.75) is 86.7 Å². The van der Waals surface area contributed by atoms with E-state index in [0.29, 0.717) is 5.92 Å². The monoisotopic (exact) mass is 754 g/mol. The number of hydrogen-bond donors (Lipinski definition) is 0. The van der Waals surface area contributed by atoms with Crippen LogP contribution in [0.2, 0.25) is 13.1 Å². The van der Waals surface area contributed by atoms with E-state index in [2.05, 4.69) is 172 Å². The predicted molar refractivity (Wildman–Crippen MR) is 211 cm³/mol. The Balaban J connectivity index is 0.000000219. The van der Waals surface area contributed by atoms with E-state index in [0.717, 1.165) is 9.52 Å². The first-order chi connectivity index (χ1) is 22.2. The van der Waals surface area contributed by atoms with Crippen molar-refractivity contribution < 1.29 is 20.8 Å². The molecule has 0 aliphatic carbocycles. The molecule has 2 radical (unpaired) electrons. The third kappa shape index (κ3) is 10.4. The molecule has 0 nitrogen and oxygen atoms in total. The van der Waals surface area contributed by atoms with Gasteiger partial charge >= 0.3 is 37.9 Å². The van der Waals surface area contributed by atoms with Crippen LogP contribution in [0.3, 0.4) is 0 Å². The number of fused-ring (bicyclic) bond motifs is 2. The fourth-order valence-corrected chi connectivity index (χ4v) is 5.93. The zero-order valence-electron chi connectivity index (χ0n) is 30.1. The zero-order valence-corrected chi connectivity index (χ0v) is 35.0. The molecule has 0 amide bonds. The summed E-state index contributed by atoms with van der Waals surface area (Å²) in [6.45, 7) is 24.3. The van der Waals surface area contributed by atoms with Gasteiger partial charge in [0.15, 0.2) is 0 Å². The molecule has 244 valence electrons. The van der Waals surface area contributed by atoms with Gasteiger partial charge in [-0.1, -0.05) is 133 Å². The molecular weight excluding hydrogens is 707 g/mol.